The maximum atomic E-state index is 12.5. The third kappa shape index (κ3) is 4.25. The highest BCUT2D eigenvalue weighted by Gasteiger charge is 2.32. The highest BCUT2D eigenvalue weighted by molar-refractivity contribution is 7.14. The van der Waals surface area contributed by atoms with Crippen LogP contribution in [0, 0.1) is 6.92 Å². The van der Waals surface area contributed by atoms with Gasteiger partial charge in [-0.05, 0) is 31.2 Å². The lowest BCUT2D eigenvalue weighted by atomic mass is 10.1. The summed E-state index contributed by atoms with van der Waals surface area (Å²) >= 11 is 1.20. The number of carbonyl (C=O) groups is 1. The predicted molar refractivity (Wildman–Crippen MR) is 96.0 cm³/mol. The number of aromatic nitrogens is 2. The first-order valence-corrected chi connectivity index (χ1v) is 8.61. The standard InChI is InChI=1S/C18H14F3N3O2S/c1-10-3-5-14(26-2)12(7-10)13-9-27-17(23-13)24-16(25)11-4-6-15(22-8-11)18(19,20)21/h3-9H,1-2H3,(H,23,24,25). The third-order valence-electron chi connectivity index (χ3n) is 3.67. The fourth-order valence-electron chi connectivity index (χ4n) is 2.34. The molecule has 0 aliphatic heterocycles. The maximum Gasteiger partial charge on any atom is 0.433 e. The number of methoxy groups -OCH3 is 1. The van der Waals surface area contributed by atoms with Crippen LogP contribution in [0.15, 0.2) is 41.9 Å². The number of nitrogens with one attached hydrogen (secondary N) is 1. The molecule has 9 heteroatoms. The Bertz CT molecular complexity index is 969. The minimum Gasteiger partial charge on any atom is -0.496 e. The number of anilines is 1. The SMILES string of the molecule is COc1ccc(C)cc1-c1csc(NC(=O)c2ccc(C(F)(F)F)nc2)n1. The summed E-state index contributed by atoms with van der Waals surface area (Å²) in [5.74, 6) is 0.0593. The van der Waals surface area contributed by atoms with Gasteiger partial charge in [-0.3, -0.25) is 15.1 Å². The highest BCUT2D eigenvalue weighted by atomic mass is 32.1. The normalized spacial score (nSPS) is 11.3. The second-order valence-electron chi connectivity index (χ2n) is 5.63. The van der Waals surface area contributed by atoms with Gasteiger partial charge >= 0.3 is 6.18 Å². The minimum absolute atomic E-state index is 0.00730. The van der Waals surface area contributed by atoms with Crippen molar-refractivity contribution in [2.24, 2.45) is 0 Å². The zero-order valence-corrected chi connectivity index (χ0v) is 15.1. The number of amides is 1. The number of pyridine rings is 1. The summed E-state index contributed by atoms with van der Waals surface area (Å²) < 4.78 is 43.0. The number of benzene rings is 1. The molecule has 1 aromatic carbocycles. The van der Waals surface area contributed by atoms with Crippen LogP contribution < -0.4 is 10.1 Å². The smallest absolute Gasteiger partial charge is 0.433 e. The average molecular weight is 393 g/mol. The van der Waals surface area contributed by atoms with Gasteiger partial charge in [0.05, 0.1) is 18.4 Å². The van der Waals surface area contributed by atoms with Crippen molar-refractivity contribution in [2.45, 2.75) is 13.1 Å². The van der Waals surface area contributed by atoms with E-state index in [-0.39, 0.29) is 5.56 Å². The van der Waals surface area contributed by atoms with Crippen molar-refractivity contribution >= 4 is 22.4 Å². The molecule has 0 unspecified atom stereocenters. The van der Waals surface area contributed by atoms with Gasteiger partial charge in [-0.2, -0.15) is 13.2 Å². The lowest BCUT2D eigenvalue weighted by Gasteiger charge is -2.07. The number of hydrogen-bond donors (Lipinski definition) is 1. The summed E-state index contributed by atoms with van der Waals surface area (Å²) in [7, 11) is 1.56. The molecule has 0 atom stereocenters. The molecule has 1 amide bonds. The van der Waals surface area contributed by atoms with Gasteiger partial charge in [-0.25, -0.2) is 4.98 Å². The molecular weight excluding hydrogens is 379 g/mol. The number of hydrogen-bond acceptors (Lipinski definition) is 5. The molecule has 140 valence electrons. The molecule has 3 rings (SSSR count). The Balaban J connectivity index is 1.78. The number of rotatable bonds is 4. The van der Waals surface area contributed by atoms with Crippen LogP contribution in [0.5, 0.6) is 5.75 Å². The molecule has 0 bridgehead atoms. The van der Waals surface area contributed by atoms with E-state index >= 15 is 0 Å². The van der Waals surface area contributed by atoms with E-state index in [4.69, 9.17) is 4.74 Å². The molecule has 2 aromatic heterocycles. The molecule has 2 heterocycles. The Morgan fingerprint density at radius 1 is 1.22 bits per heavy atom. The van der Waals surface area contributed by atoms with Crippen LogP contribution in [0.1, 0.15) is 21.6 Å². The Kier molecular flexibility index (Phi) is 5.13. The minimum atomic E-state index is -4.55. The van der Waals surface area contributed by atoms with Crippen molar-refractivity contribution in [3.05, 3.63) is 58.7 Å². The third-order valence-corrected chi connectivity index (χ3v) is 4.43. The first-order valence-electron chi connectivity index (χ1n) is 7.73. The van der Waals surface area contributed by atoms with Crippen molar-refractivity contribution in [1.82, 2.24) is 9.97 Å². The summed E-state index contributed by atoms with van der Waals surface area (Å²) in [5, 5.41) is 4.64. The number of aryl methyl sites for hydroxylation is 1. The second-order valence-corrected chi connectivity index (χ2v) is 6.48. The largest absolute Gasteiger partial charge is 0.496 e. The Morgan fingerprint density at radius 2 is 2.00 bits per heavy atom. The number of thiazole rings is 1. The van der Waals surface area contributed by atoms with E-state index in [9.17, 15) is 18.0 Å². The van der Waals surface area contributed by atoms with Gasteiger partial charge in [0.1, 0.15) is 11.4 Å². The van der Waals surface area contributed by atoms with Gasteiger partial charge < -0.3 is 4.74 Å². The van der Waals surface area contributed by atoms with E-state index < -0.39 is 17.8 Å². The zero-order valence-electron chi connectivity index (χ0n) is 14.3. The van der Waals surface area contributed by atoms with Crippen molar-refractivity contribution in [3.8, 4) is 17.0 Å². The summed E-state index contributed by atoms with van der Waals surface area (Å²) in [6.45, 7) is 1.94. The molecule has 3 aromatic rings. The summed E-state index contributed by atoms with van der Waals surface area (Å²) in [5.41, 5.74) is 1.39. The fourth-order valence-corrected chi connectivity index (χ4v) is 3.05. The molecule has 0 aliphatic carbocycles. The van der Waals surface area contributed by atoms with Gasteiger partial charge in [-0.1, -0.05) is 11.6 Å². The number of halogens is 3. The van der Waals surface area contributed by atoms with E-state index in [1.165, 1.54) is 11.3 Å². The molecule has 0 saturated heterocycles. The summed E-state index contributed by atoms with van der Waals surface area (Å²) in [4.78, 5) is 19.8. The number of ether oxygens (including phenoxy) is 1. The van der Waals surface area contributed by atoms with E-state index in [1.807, 2.05) is 25.1 Å². The van der Waals surface area contributed by atoms with Crippen LogP contribution in [0.25, 0.3) is 11.3 Å². The van der Waals surface area contributed by atoms with Crippen LogP contribution >= 0.6 is 11.3 Å². The Morgan fingerprint density at radius 3 is 2.63 bits per heavy atom. The highest BCUT2D eigenvalue weighted by Crippen LogP contribution is 2.33. The molecule has 0 saturated carbocycles. The van der Waals surface area contributed by atoms with Crippen molar-refractivity contribution in [2.75, 3.05) is 12.4 Å². The Labute approximate surface area is 156 Å². The van der Waals surface area contributed by atoms with E-state index in [0.717, 1.165) is 29.5 Å². The van der Waals surface area contributed by atoms with Crippen LogP contribution in [0.4, 0.5) is 18.3 Å². The number of nitrogens with zero attached hydrogens (tertiary/aromatic N) is 2. The first kappa shape index (κ1) is 18.8. The van der Waals surface area contributed by atoms with Crippen LogP contribution in [0.2, 0.25) is 0 Å². The zero-order chi connectivity index (χ0) is 19.6. The van der Waals surface area contributed by atoms with Gasteiger partial charge in [0.15, 0.2) is 5.13 Å². The first-order chi connectivity index (χ1) is 12.8. The monoisotopic (exact) mass is 393 g/mol. The van der Waals surface area contributed by atoms with Gasteiger partial charge in [-0.15, -0.1) is 11.3 Å². The molecule has 27 heavy (non-hydrogen) atoms. The molecule has 5 nitrogen and oxygen atoms in total. The average Bonchev–Trinajstić information content (AvgIpc) is 3.09. The van der Waals surface area contributed by atoms with Crippen molar-refractivity contribution in [1.29, 1.82) is 0 Å². The van der Waals surface area contributed by atoms with Gasteiger partial charge in [0.25, 0.3) is 5.91 Å². The van der Waals surface area contributed by atoms with Gasteiger partial charge in [0.2, 0.25) is 0 Å². The van der Waals surface area contributed by atoms with Crippen LogP contribution in [0.3, 0.4) is 0 Å². The van der Waals surface area contributed by atoms with Crippen LogP contribution in [-0.2, 0) is 6.18 Å². The molecule has 0 radical (unpaired) electrons. The fraction of sp³-hybridized carbons (Fsp3) is 0.167. The van der Waals surface area contributed by atoms with E-state index in [0.29, 0.717) is 16.6 Å². The molecule has 1 N–H and O–H groups in total. The lowest BCUT2D eigenvalue weighted by molar-refractivity contribution is -0.141. The Hall–Kier alpha value is -2.94. The molecule has 0 fully saturated rings. The topological polar surface area (TPSA) is 64.1 Å². The summed E-state index contributed by atoms with van der Waals surface area (Å²) in [6.07, 6.45) is -3.66. The molecule has 0 spiro atoms. The lowest BCUT2D eigenvalue weighted by Crippen LogP contribution is -2.14. The van der Waals surface area contributed by atoms with Gasteiger partial charge in [0, 0.05) is 17.1 Å². The number of carbonyl (C=O) groups excluding carboxylic acids is 1. The molecule has 0 aliphatic rings. The van der Waals surface area contributed by atoms with Crippen molar-refractivity contribution in [3.63, 3.8) is 0 Å². The maximum absolute atomic E-state index is 12.5. The molecular formula is C18H14F3N3O2S. The quantitative estimate of drug-likeness (QED) is 0.692. The van der Waals surface area contributed by atoms with E-state index in [1.54, 1.807) is 12.5 Å². The summed E-state index contributed by atoms with van der Waals surface area (Å²) in [6, 6.07) is 7.49. The van der Waals surface area contributed by atoms with Crippen LogP contribution in [-0.4, -0.2) is 23.0 Å². The van der Waals surface area contributed by atoms with Crippen molar-refractivity contribution < 1.29 is 22.7 Å². The van der Waals surface area contributed by atoms with E-state index in [2.05, 4.69) is 15.3 Å². The second kappa shape index (κ2) is 7.36. The number of alkyl halides is 3. The predicted octanol–water partition coefficient (Wildman–Crippen LogP) is 4.79.